The highest BCUT2D eigenvalue weighted by molar-refractivity contribution is 7.14. The van der Waals surface area contributed by atoms with E-state index in [1.165, 1.54) is 11.3 Å². The van der Waals surface area contributed by atoms with Crippen LogP contribution < -0.4 is 10.6 Å². The zero-order valence-electron chi connectivity index (χ0n) is 17.9. The Morgan fingerprint density at radius 3 is 2.82 bits per heavy atom. The van der Waals surface area contributed by atoms with Crippen LogP contribution in [0.15, 0.2) is 29.6 Å². The molecule has 8 nitrogen and oxygen atoms in total. The largest absolute Gasteiger partial charge is 0.341 e. The quantitative estimate of drug-likeness (QED) is 0.486. The smallest absolute Gasteiger partial charge is 0.258 e. The molecule has 3 amide bonds. The number of hydrogen-bond acceptors (Lipinski definition) is 5. The fourth-order valence-corrected chi connectivity index (χ4v) is 5.16. The van der Waals surface area contributed by atoms with Crippen LogP contribution in [0.2, 0.25) is 5.02 Å². The molecule has 0 radical (unpaired) electrons. The summed E-state index contributed by atoms with van der Waals surface area (Å²) in [5.41, 5.74) is 1.78. The van der Waals surface area contributed by atoms with E-state index in [-0.39, 0.29) is 29.6 Å². The van der Waals surface area contributed by atoms with E-state index in [9.17, 15) is 14.4 Å². The highest BCUT2D eigenvalue weighted by Gasteiger charge is 2.27. The van der Waals surface area contributed by atoms with Gasteiger partial charge >= 0.3 is 0 Å². The number of nitrogens with one attached hydrogen (secondary N) is 2. The second-order valence-electron chi connectivity index (χ2n) is 7.86. The number of aromatic nitrogens is 2. The monoisotopic (exact) mass is 507 g/mol. The van der Waals surface area contributed by atoms with Gasteiger partial charge in [0.15, 0.2) is 0 Å². The third kappa shape index (κ3) is 5.15. The molecule has 0 saturated carbocycles. The number of nitrogens with zero attached hydrogens (tertiary/aromatic N) is 3. The summed E-state index contributed by atoms with van der Waals surface area (Å²) >= 11 is 13.3. The highest BCUT2D eigenvalue weighted by Crippen LogP contribution is 2.34. The second kappa shape index (κ2) is 10.1. The van der Waals surface area contributed by atoms with Crippen LogP contribution in [-0.2, 0) is 9.59 Å². The number of thiophene rings is 1. The fraction of sp³-hybridized carbons (Fsp3) is 0.364. The third-order valence-corrected chi connectivity index (χ3v) is 6.98. The van der Waals surface area contributed by atoms with Crippen molar-refractivity contribution in [2.75, 3.05) is 29.6 Å². The molecule has 11 heteroatoms. The van der Waals surface area contributed by atoms with E-state index < -0.39 is 0 Å². The predicted octanol–water partition coefficient (Wildman–Crippen LogP) is 4.75. The van der Waals surface area contributed by atoms with E-state index in [0.29, 0.717) is 40.1 Å². The van der Waals surface area contributed by atoms with Crippen molar-refractivity contribution < 1.29 is 14.4 Å². The Morgan fingerprint density at radius 1 is 1.24 bits per heavy atom. The lowest BCUT2D eigenvalue weighted by Crippen LogP contribution is -2.34. The number of carbonyl (C=O) groups excluding carboxylic acids is 3. The van der Waals surface area contributed by atoms with Gasteiger partial charge in [0.05, 0.1) is 32.7 Å². The normalized spacial score (nSPS) is 16.5. The van der Waals surface area contributed by atoms with Crippen molar-refractivity contribution >= 4 is 74.2 Å². The van der Waals surface area contributed by atoms with Gasteiger partial charge in [-0.25, -0.2) is 4.98 Å². The molecule has 2 aromatic heterocycles. The summed E-state index contributed by atoms with van der Waals surface area (Å²) < 4.78 is 1.94. The summed E-state index contributed by atoms with van der Waals surface area (Å²) in [5.74, 6) is -0.473. The molecule has 1 fully saturated rings. The van der Waals surface area contributed by atoms with Gasteiger partial charge in [-0.15, -0.1) is 22.9 Å². The Morgan fingerprint density at radius 2 is 2.06 bits per heavy atom. The number of likely N-dealkylation sites (tertiary alicyclic amines) is 1. The SMILES string of the molecule is CC(=O)N1CCCC[C@@H](n2c(NC(=O)c3csc(NC(=O)CCl)c3)nc3cccc(Cl)c32)C1. The summed E-state index contributed by atoms with van der Waals surface area (Å²) in [7, 11) is 0. The number of halogens is 2. The van der Waals surface area contributed by atoms with E-state index in [2.05, 4.69) is 15.6 Å². The molecule has 4 rings (SSSR count). The lowest BCUT2D eigenvalue weighted by Gasteiger charge is -2.26. The molecule has 1 aliphatic heterocycles. The van der Waals surface area contributed by atoms with Gasteiger partial charge in [-0.3, -0.25) is 19.7 Å². The van der Waals surface area contributed by atoms with Gasteiger partial charge in [0, 0.05) is 25.4 Å². The van der Waals surface area contributed by atoms with Crippen molar-refractivity contribution in [3.8, 4) is 0 Å². The highest BCUT2D eigenvalue weighted by atomic mass is 35.5. The first-order valence-corrected chi connectivity index (χ1v) is 12.3. The predicted molar refractivity (Wildman–Crippen MR) is 132 cm³/mol. The van der Waals surface area contributed by atoms with E-state index in [4.69, 9.17) is 23.2 Å². The zero-order chi connectivity index (χ0) is 23.5. The maximum atomic E-state index is 13.0. The Balaban J connectivity index is 1.68. The molecule has 3 heterocycles. The van der Waals surface area contributed by atoms with Crippen LogP contribution in [0.3, 0.4) is 0 Å². The first-order valence-electron chi connectivity index (χ1n) is 10.5. The molecule has 3 aromatic rings. The number of fused-ring (bicyclic) bond motifs is 1. The Kier molecular flexibility index (Phi) is 7.21. The van der Waals surface area contributed by atoms with Crippen molar-refractivity contribution in [1.29, 1.82) is 0 Å². The minimum Gasteiger partial charge on any atom is -0.341 e. The van der Waals surface area contributed by atoms with Crippen LogP contribution in [0.5, 0.6) is 0 Å². The molecule has 1 saturated heterocycles. The van der Waals surface area contributed by atoms with Crippen LogP contribution in [0.1, 0.15) is 42.6 Å². The van der Waals surface area contributed by atoms with Crippen molar-refractivity contribution in [2.45, 2.75) is 32.2 Å². The molecule has 0 spiro atoms. The number of imidazole rings is 1. The van der Waals surface area contributed by atoms with Crippen molar-refractivity contribution in [2.24, 2.45) is 0 Å². The van der Waals surface area contributed by atoms with Gasteiger partial charge in [0.25, 0.3) is 5.91 Å². The van der Waals surface area contributed by atoms with E-state index in [1.807, 2.05) is 21.6 Å². The summed E-state index contributed by atoms with van der Waals surface area (Å²) in [6.45, 7) is 2.79. The lowest BCUT2D eigenvalue weighted by molar-refractivity contribution is -0.129. The molecular formula is C22H23Cl2N5O3S. The summed E-state index contributed by atoms with van der Waals surface area (Å²) in [5, 5.41) is 8.26. The lowest BCUT2D eigenvalue weighted by atomic mass is 10.1. The molecule has 1 aliphatic rings. The Hall–Kier alpha value is -2.62. The van der Waals surface area contributed by atoms with Crippen LogP contribution >= 0.6 is 34.5 Å². The number of carbonyl (C=O) groups is 3. The molecule has 0 aliphatic carbocycles. The maximum Gasteiger partial charge on any atom is 0.258 e. The fourth-order valence-electron chi connectivity index (χ4n) is 4.03. The van der Waals surface area contributed by atoms with Crippen molar-refractivity contribution in [1.82, 2.24) is 14.5 Å². The van der Waals surface area contributed by atoms with Gasteiger partial charge in [-0.2, -0.15) is 0 Å². The zero-order valence-corrected chi connectivity index (χ0v) is 20.3. The maximum absolute atomic E-state index is 13.0. The van der Waals surface area contributed by atoms with E-state index in [1.54, 1.807) is 24.4 Å². The summed E-state index contributed by atoms with van der Waals surface area (Å²) in [6, 6.07) is 6.95. The number of amides is 3. The average molecular weight is 508 g/mol. The average Bonchev–Trinajstić information content (AvgIpc) is 3.31. The van der Waals surface area contributed by atoms with Crippen LogP contribution in [-0.4, -0.2) is 51.1 Å². The molecule has 2 N–H and O–H groups in total. The topological polar surface area (TPSA) is 96.3 Å². The Labute approximate surface area is 204 Å². The molecule has 1 atom stereocenters. The van der Waals surface area contributed by atoms with Crippen LogP contribution in [0.25, 0.3) is 11.0 Å². The van der Waals surface area contributed by atoms with Gasteiger partial charge in [-0.1, -0.05) is 17.7 Å². The molecule has 0 bridgehead atoms. The molecule has 0 unspecified atom stereocenters. The minimum atomic E-state index is -0.359. The standard InChI is InChI=1S/C22H23Cl2N5O3S/c1-13(30)28-8-3-2-5-15(11-28)29-20-16(24)6-4-7-17(20)25-22(29)27-21(32)14-9-19(33-12-14)26-18(31)10-23/h4,6-7,9,12,15H,2-3,5,8,10-11H2,1H3,(H,26,31)(H,25,27,32)/t15-/m1/s1. The van der Waals surface area contributed by atoms with Gasteiger partial charge in [-0.05, 0) is 37.5 Å². The van der Waals surface area contributed by atoms with Crippen molar-refractivity contribution in [3.63, 3.8) is 0 Å². The van der Waals surface area contributed by atoms with Gasteiger partial charge < -0.3 is 14.8 Å². The number of hydrogen-bond donors (Lipinski definition) is 2. The minimum absolute atomic E-state index is 0.0211. The first kappa shape index (κ1) is 23.5. The number of para-hydroxylation sites is 1. The molecular weight excluding hydrogens is 485 g/mol. The summed E-state index contributed by atoms with van der Waals surface area (Å²) in [6.07, 6.45) is 2.69. The second-order valence-corrected chi connectivity index (χ2v) is 9.45. The van der Waals surface area contributed by atoms with Gasteiger partial charge in [0.1, 0.15) is 5.88 Å². The number of alkyl halides is 1. The van der Waals surface area contributed by atoms with Gasteiger partial charge in [0.2, 0.25) is 17.8 Å². The van der Waals surface area contributed by atoms with Crippen LogP contribution in [0, 0.1) is 0 Å². The number of rotatable bonds is 5. The Bertz CT molecular complexity index is 1210. The van der Waals surface area contributed by atoms with Crippen LogP contribution in [0.4, 0.5) is 10.9 Å². The number of benzene rings is 1. The third-order valence-electron chi connectivity index (χ3n) is 5.59. The van der Waals surface area contributed by atoms with Crippen molar-refractivity contribution in [3.05, 3.63) is 40.2 Å². The first-order chi connectivity index (χ1) is 15.9. The number of anilines is 2. The van der Waals surface area contributed by atoms with E-state index in [0.717, 1.165) is 24.8 Å². The summed E-state index contributed by atoms with van der Waals surface area (Å²) in [4.78, 5) is 43.1. The molecule has 33 heavy (non-hydrogen) atoms. The molecule has 1 aromatic carbocycles. The molecule has 174 valence electrons. The van der Waals surface area contributed by atoms with E-state index >= 15 is 0 Å².